The molecular weight excluding hydrogens is 315 g/mol. The Kier molecular flexibility index (Phi) is 4.07. The molecule has 0 bridgehead atoms. The van der Waals surface area contributed by atoms with Gasteiger partial charge in [0.2, 0.25) is 5.91 Å². The number of hydrogen-bond donors (Lipinski definition) is 0. The lowest BCUT2D eigenvalue weighted by atomic mass is 10.0. The highest BCUT2D eigenvalue weighted by Crippen LogP contribution is 2.26. The standard InChI is InChI=1S/C16H21FN4OS/c17-8-12-7-15(22)21(9-12)14-1-3-19(4-2-14)10-13-11-20-5-6-23-16(20)18-13/h5-6,11-12,14H,1-4,7-10H2. The second-order valence-corrected chi connectivity index (χ2v) is 7.48. The number of aromatic nitrogens is 2. The first-order chi connectivity index (χ1) is 11.2. The summed E-state index contributed by atoms with van der Waals surface area (Å²) in [6, 6.07) is 0.292. The first-order valence-corrected chi connectivity index (χ1v) is 9.10. The number of halogens is 1. The first kappa shape index (κ1) is 15.1. The molecule has 23 heavy (non-hydrogen) atoms. The van der Waals surface area contributed by atoms with E-state index < -0.39 is 0 Å². The van der Waals surface area contributed by atoms with Gasteiger partial charge in [0.05, 0.1) is 12.4 Å². The van der Waals surface area contributed by atoms with Crippen LogP contribution in [0.2, 0.25) is 0 Å². The van der Waals surface area contributed by atoms with Crippen LogP contribution in [0.5, 0.6) is 0 Å². The monoisotopic (exact) mass is 336 g/mol. The number of rotatable bonds is 4. The number of piperidine rings is 1. The number of carbonyl (C=O) groups excluding carboxylic acids is 1. The molecule has 5 nitrogen and oxygen atoms in total. The zero-order chi connectivity index (χ0) is 15.8. The van der Waals surface area contributed by atoms with Crippen molar-refractivity contribution >= 4 is 22.2 Å². The molecule has 2 saturated heterocycles. The maximum atomic E-state index is 12.8. The third-order valence-electron chi connectivity index (χ3n) is 4.98. The Morgan fingerprint density at radius 1 is 1.35 bits per heavy atom. The molecule has 2 aromatic heterocycles. The molecule has 1 amide bonds. The molecule has 2 fully saturated rings. The molecule has 2 aliphatic heterocycles. The summed E-state index contributed by atoms with van der Waals surface area (Å²) in [5, 5.41) is 2.04. The summed E-state index contributed by atoms with van der Waals surface area (Å²) in [7, 11) is 0. The number of thiazole rings is 1. The third kappa shape index (κ3) is 2.99. The average Bonchev–Trinajstić information content (AvgIpc) is 3.22. The van der Waals surface area contributed by atoms with Gasteiger partial charge in [-0.3, -0.25) is 18.5 Å². The van der Waals surface area contributed by atoms with Crippen molar-refractivity contribution in [3.8, 4) is 0 Å². The van der Waals surface area contributed by atoms with Crippen molar-refractivity contribution in [2.45, 2.75) is 31.8 Å². The van der Waals surface area contributed by atoms with Crippen LogP contribution in [-0.2, 0) is 11.3 Å². The van der Waals surface area contributed by atoms with Gasteiger partial charge in [-0.25, -0.2) is 4.98 Å². The Bertz CT molecular complexity index is 663. The number of likely N-dealkylation sites (tertiary alicyclic amines) is 2. The highest BCUT2D eigenvalue weighted by atomic mass is 32.1. The summed E-state index contributed by atoms with van der Waals surface area (Å²) < 4.78 is 14.8. The van der Waals surface area contributed by atoms with Crippen molar-refractivity contribution in [2.24, 2.45) is 5.92 Å². The van der Waals surface area contributed by atoms with Gasteiger partial charge >= 0.3 is 0 Å². The molecule has 0 aliphatic carbocycles. The van der Waals surface area contributed by atoms with Crippen LogP contribution in [0.4, 0.5) is 4.39 Å². The number of alkyl halides is 1. The molecular formula is C16H21FN4OS. The van der Waals surface area contributed by atoms with E-state index in [0.29, 0.717) is 19.0 Å². The normalized spacial score (nSPS) is 24.1. The molecule has 124 valence electrons. The highest BCUT2D eigenvalue weighted by molar-refractivity contribution is 7.15. The van der Waals surface area contributed by atoms with Gasteiger partial charge in [-0.15, -0.1) is 11.3 Å². The van der Waals surface area contributed by atoms with Gasteiger partial charge in [0.25, 0.3) is 0 Å². The van der Waals surface area contributed by atoms with Crippen molar-refractivity contribution in [1.82, 2.24) is 19.2 Å². The fourth-order valence-corrected chi connectivity index (χ4v) is 4.45. The molecule has 7 heteroatoms. The topological polar surface area (TPSA) is 40.9 Å². The molecule has 0 N–H and O–H groups in total. The molecule has 1 unspecified atom stereocenters. The summed E-state index contributed by atoms with van der Waals surface area (Å²) >= 11 is 1.65. The number of fused-ring (bicyclic) bond motifs is 1. The summed E-state index contributed by atoms with van der Waals surface area (Å²) in [4.78, 5) is 22.0. The summed E-state index contributed by atoms with van der Waals surface area (Å²) in [5.74, 6) is 0.0550. The van der Waals surface area contributed by atoms with Gasteiger partial charge in [0, 0.05) is 62.3 Å². The van der Waals surface area contributed by atoms with E-state index in [4.69, 9.17) is 0 Å². The zero-order valence-electron chi connectivity index (χ0n) is 13.0. The summed E-state index contributed by atoms with van der Waals surface area (Å²) in [6.45, 7) is 3.04. The molecule has 0 aromatic carbocycles. The quantitative estimate of drug-likeness (QED) is 0.859. The number of nitrogens with zero attached hydrogens (tertiary/aromatic N) is 4. The third-order valence-corrected chi connectivity index (χ3v) is 5.75. The minimum Gasteiger partial charge on any atom is -0.339 e. The van der Waals surface area contributed by atoms with E-state index in [-0.39, 0.29) is 18.5 Å². The maximum absolute atomic E-state index is 12.8. The summed E-state index contributed by atoms with van der Waals surface area (Å²) in [6.07, 6.45) is 6.47. The second-order valence-electron chi connectivity index (χ2n) is 6.60. The number of amides is 1. The van der Waals surface area contributed by atoms with Crippen LogP contribution in [0.25, 0.3) is 4.96 Å². The van der Waals surface area contributed by atoms with Crippen LogP contribution in [0, 0.1) is 5.92 Å². The Morgan fingerprint density at radius 2 is 2.17 bits per heavy atom. The van der Waals surface area contributed by atoms with Gasteiger partial charge in [0.1, 0.15) is 0 Å². The van der Waals surface area contributed by atoms with Crippen LogP contribution in [-0.4, -0.2) is 57.4 Å². The SMILES string of the molecule is O=C1CC(CF)CN1C1CCN(Cc2cn3ccsc3n2)CC1. The smallest absolute Gasteiger partial charge is 0.223 e. The minimum absolute atomic E-state index is 0.0842. The van der Waals surface area contributed by atoms with E-state index in [9.17, 15) is 9.18 Å². The number of imidazole rings is 1. The highest BCUT2D eigenvalue weighted by Gasteiger charge is 2.35. The van der Waals surface area contributed by atoms with E-state index in [2.05, 4.69) is 20.5 Å². The largest absolute Gasteiger partial charge is 0.339 e. The molecule has 4 heterocycles. The molecule has 4 rings (SSSR count). The van der Waals surface area contributed by atoms with E-state index in [0.717, 1.165) is 43.1 Å². The van der Waals surface area contributed by atoms with Crippen LogP contribution in [0.15, 0.2) is 17.8 Å². The fraction of sp³-hybridized carbons (Fsp3) is 0.625. The summed E-state index contributed by atoms with van der Waals surface area (Å²) in [5.41, 5.74) is 1.10. The van der Waals surface area contributed by atoms with E-state index in [1.54, 1.807) is 11.3 Å². The molecule has 2 aliphatic rings. The lowest BCUT2D eigenvalue weighted by Crippen LogP contribution is -2.45. The molecule has 0 radical (unpaired) electrons. The van der Waals surface area contributed by atoms with Gasteiger partial charge in [-0.1, -0.05) is 0 Å². The van der Waals surface area contributed by atoms with Crippen molar-refractivity contribution in [2.75, 3.05) is 26.3 Å². The molecule has 0 saturated carbocycles. The lowest BCUT2D eigenvalue weighted by molar-refractivity contribution is -0.130. The lowest BCUT2D eigenvalue weighted by Gasteiger charge is -2.36. The van der Waals surface area contributed by atoms with Gasteiger partial charge in [-0.2, -0.15) is 0 Å². The van der Waals surface area contributed by atoms with Crippen molar-refractivity contribution in [1.29, 1.82) is 0 Å². The van der Waals surface area contributed by atoms with E-state index in [1.807, 2.05) is 16.5 Å². The van der Waals surface area contributed by atoms with Crippen LogP contribution < -0.4 is 0 Å². The van der Waals surface area contributed by atoms with E-state index in [1.165, 1.54) is 0 Å². The minimum atomic E-state index is -0.376. The van der Waals surface area contributed by atoms with Crippen molar-refractivity contribution < 1.29 is 9.18 Å². The van der Waals surface area contributed by atoms with E-state index >= 15 is 0 Å². The zero-order valence-corrected chi connectivity index (χ0v) is 13.8. The number of carbonyl (C=O) groups is 1. The average molecular weight is 336 g/mol. The predicted molar refractivity (Wildman–Crippen MR) is 87.2 cm³/mol. The first-order valence-electron chi connectivity index (χ1n) is 8.22. The predicted octanol–water partition coefficient (Wildman–Crippen LogP) is 2.18. The van der Waals surface area contributed by atoms with Crippen molar-refractivity contribution in [3.63, 3.8) is 0 Å². The Hall–Kier alpha value is -1.47. The fourth-order valence-electron chi connectivity index (χ4n) is 3.74. The van der Waals surface area contributed by atoms with Gasteiger partial charge in [-0.05, 0) is 12.8 Å². The maximum Gasteiger partial charge on any atom is 0.223 e. The second kappa shape index (κ2) is 6.20. The Balaban J connectivity index is 1.32. The Labute approximate surface area is 138 Å². The molecule has 1 atom stereocenters. The van der Waals surface area contributed by atoms with Gasteiger partial charge < -0.3 is 4.90 Å². The Morgan fingerprint density at radius 3 is 2.87 bits per heavy atom. The van der Waals surface area contributed by atoms with Crippen LogP contribution in [0.3, 0.4) is 0 Å². The van der Waals surface area contributed by atoms with Crippen molar-refractivity contribution in [3.05, 3.63) is 23.5 Å². The molecule has 0 spiro atoms. The molecule has 2 aromatic rings. The van der Waals surface area contributed by atoms with Crippen LogP contribution >= 0.6 is 11.3 Å². The van der Waals surface area contributed by atoms with Crippen LogP contribution in [0.1, 0.15) is 25.0 Å². The number of hydrogen-bond acceptors (Lipinski definition) is 4. The van der Waals surface area contributed by atoms with Gasteiger partial charge in [0.15, 0.2) is 4.96 Å².